The maximum Gasteiger partial charge on any atom is 0.490 e. The summed E-state index contributed by atoms with van der Waals surface area (Å²) in [6, 6.07) is 4.29. The van der Waals surface area contributed by atoms with E-state index in [4.69, 9.17) is 9.90 Å². The minimum atomic E-state index is -5.08. The predicted octanol–water partition coefficient (Wildman–Crippen LogP) is 4.62. The number of aryl methyl sites for hydroxylation is 1. The molecule has 3 amide bonds. The molecule has 45 heavy (non-hydrogen) atoms. The quantitative estimate of drug-likeness (QED) is 0.267. The molecular formula is C28H25F6N5O5S. The van der Waals surface area contributed by atoms with Crippen LogP contribution < -0.4 is 10.6 Å². The molecule has 2 aliphatic heterocycles. The first-order chi connectivity index (χ1) is 20.8. The Morgan fingerprint density at radius 1 is 1.09 bits per heavy atom. The van der Waals surface area contributed by atoms with Gasteiger partial charge < -0.3 is 15.7 Å². The van der Waals surface area contributed by atoms with Crippen molar-refractivity contribution in [2.45, 2.75) is 39.7 Å². The molecule has 3 aromatic rings. The van der Waals surface area contributed by atoms with Gasteiger partial charge in [-0.25, -0.2) is 9.78 Å². The first-order valence-electron chi connectivity index (χ1n) is 13.5. The Balaban J connectivity index is 0.000000515. The number of hydrogen-bond donors (Lipinski definition) is 3. The molecule has 2 unspecified atom stereocenters. The third kappa shape index (κ3) is 5.97. The van der Waals surface area contributed by atoms with Crippen LogP contribution in [0.5, 0.6) is 0 Å². The standard InChI is InChI=1S/C26H24F3N5O3S.C2HF3O2/c1-11-20(33-22(35)12-8-30-9-12)15(7-17(32-11)26(27,28)29)14-4-5-31-16-6-13(38-21(14)16)10-34-23(36)18-19(24(34)37)25(18,2)3;3-2(4,5)1(6)7/h4-7,12,18-19,30H,8-10H2,1-3H3,(H,33,35);(H,6,7). The van der Waals surface area contributed by atoms with Gasteiger partial charge in [0.1, 0.15) is 5.69 Å². The summed E-state index contributed by atoms with van der Waals surface area (Å²) in [4.78, 5) is 57.3. The lowest BCUT2D eigenvalue weighted by molar-refractivity contribution is -0.192. The minimum absolute atomic E-state index is 0.0484. The van der Waals surface area contributed by atoms with Crippen molar-refractivity contribution in [1.29, 1.82) is 0 Å². The number of piperidine rings is 1. The van der Waals surface area contributed by atoms with E-state index in [2.05, 4.69) is 20.6 Å². The van der Waals surface area contributed by atoms with E-state index < -0.39 is 24.0 Å². The zero-order valence-corrected chi connectivity index (χ0v) is 24.6. The first-order valence-corrected chi connectivity index (χ1v) is 14.3. The molecule has 240 valence electrons. The fraction of sp³-hybridized carbons (Fsp3) is 0.429. The Bertz CT molecular complexity index is 1710. The smallest absolute Gasteiger partial charge is 0.475 e. The van der Waals surface area contributed by atoms with Gasteiger partial charge in [-0.3, -0.25) is 24.3 Å². The number of carbonyl (C=O) groups is 4. The third-order valence-electron chi connectivity index (χ3n) is 8.09. The van der Waals surface area contributed by atoms with Crippen molar-refractivity contribution in [1.82, 2.24) is 20.2 Å². The molecule has 1 saturated carbocycles. The van der Waals surface area contributed by atoms with Crippen molar-refractivity contribution in [2.75, 3.05) is 18.4 Å². The Hall–Kier alpha value is -4.12. The van der Waals surface area contributed by atoms with Crippen molar-refractivity contribution in [3.63, 3.8) is 0 Å². The number of amides is 3. The van der Waals surface area contributed by atoms with Gasteiger partial charge >= 0.3 is 18.3 Å². The van der Waals surface area contributed by atoms with E-state index in [1.807, 2.05) is 13.8 Å². The first kappa shape index (κ1) is 32.3. The SMILES string of the molecule is Cc1nc(C(F)(F)F)cc(-c2ccnc3cc(CN4C(=O)C5C(C4=O)C5(C)C)sc23)c1NC(=O)C1CNC1.O=C(O)C(F)(F)F. The summed E-state index contributed by atoms with van der Waals surface area (Å²) >= 11 is 1.26. The van der Waals surface area contributed by atoms with E-state index in [-0.39, 0.29) is 64.4 Å². The highest BCUT2D eigenvalue weighted by molar-refractivity contribution is 7.19. The van der Waals surface area contributed by atoms with Gasteiger partial charge in [0, 0.05) is 35.3 Å². The molecule has 1 aliphatic carbocycles. The number of carbonyl (C=O) groups excluding carboxylic acids is 3. The number of rotatable bonds is 5. The van der Waals surface area contributed by atoms with Gasteiger partial charge in [0.05, 0.1) is 45.9 Å². The second kappa shape index (κ2) is 11.0. The molecule has 3 aliphatic rings. The van der Waals surface area contributed by atoms with Crippen molar-refractivity contribution < 1.29 is 50.6 Å². The molecule has 0 spiro atoms. The summed E-state index contributed by atoms with van der Waals surface area (Å²) in [5.41, 5.74) is 0.0400. The van der Waals surface area contributed by atoms with Gasteiger partial charge in [-0.1, -0.05) is 13.8 Å². The van der Waals surface area contributed by atoms with Gasteiger partial charge in [-0.15, -0.1) is 11.3 Å². The van der Waals surface area contributed by atoms with Crippen molar-refractivity contribution in [3.8, 4) is 11.1 Å². The Labute approximate surface area is 254 Å². The Kier molecular flexibility index (Phi) is 7.92. The van der Waals surface area contributed by atoms with Crippen LogP contribution in [0, 0.1) is 30.1 Å². The van der Waals surface area contributed by atoms with E-state index in [9.17, 15) is 40.7 Å². The van der Waals surface area contributed by atoms with Crippen LogP contribution in [-0.2, 0) is 31.9 Å². The molecule has 6 rings (SSSR count). The summed E-state index contributed by atoms with van der Waals surface area (Å²) in [6.07, 6.45) is -8.28. The summed E-state index contributed by atoms with van der Waals surface area (Å²) in [5, 5.41) is 12.9. The molecule has 2 atom stereocenters. The molecule has 3 N–H and O–H groups in total. The molecule has 0 aromatic carbocycles. The number of anilines is 1. The van der Waals surface area contributed by atoms with E-state index in [1.165, 1.54) is 29.4 Å². The third-order valence-corrected chi connectivity index (χ3v) is 9.23. The Morgan fingerprint density at radius 3 is 2.20 bits per heavy atom. The number of imide groups is 1. The maximum atomic E-state index is 13.7. The van der Waals surface area contributed by atoms with Gasteiger partial charge in [0.25, 0.3) is 0 Å². The molecule has 5 heterocycles. The zero-order valence-electron chi connectivity index (χ0n) is 23.8. The molecule has 2 saturated heterocycles. The van der Waals surface area contributed by atoms with E-state index in [1.54, 1.807) is 12.1 Å². The number of aromatic nitrogens is 2. The van der Waals surface area contributed by atoms with Crippen molar-refractivity contribution in [3.05, 3.63) is 40.7 Å². The van der Waals surface area contributed by atoms with Gasteiger partial charge in [-0.05, 0) is 30.5 Å². The molecule has 0 radical (unpaired) electrons. The van der Waals surface area contributed by atoms with Gasteiger partial charge in [0.15, 0.2) is 0 Å². The minimum Gasteiger partial charge on any atom is -0.475 e. The second-order valence-electron chi connectivity index (χ2n) is 11.5. The number of carboxylic acid groups (broad SMARTS) is 1. The van der Waals surface area contributed by atoms with Gasteiger partial charge in [-0.2, -0.15) is 26.3 Å². The monoisotopic (exact) mass is 657 g/mol. The van der Waals surface area contributed by atoms with Crippen LogP contribution in [0.1, 0.15) is 30.1 Å². The number of nitrogens with zero attached hydrogens (tertiary/aromatic N) is 3. The number of thiophene rings is 1. The second-order valence-corrected chi connectivity index (χ2v) is 12.6. The summed E-state index contributed by atoms with van der Waals surface area (Å²) in [6.45, 7) is 6.33. The van der Waals surface area contributed by atoms with Crippen molar-refractivity contribution in [2.24, 2.45) is 23.2 Å². The summed E-state index contributed by atoms with van der Waals surface area (Å²) in [5.74, 6) is -4.29. The maximum absolute atomic E-state index is 13.7. The van der Waals surface area contributed by atoms with Crippen LogP contribution in [0.4, 0.5) is 32.0 Å². The van der Waals surface area contributed by atoms with Crippen molar-refractivity contribution >= 4 is 50.9 Å². The number of alkyl halides is 6. The van der Waals surface area contributed by atoms with Gasteiger partial charge in [0.2, 0.25) is 17.7 Å². The number of hydrogen-bond acceptors (Lipinski definition) is 8. The van der Waals surface area contributed by atoms with E-state index in [0.717, 1.165) is 6.07 Å². The number of halogens is 6. The highest BCUT2D eigenvalue weighted by Crippen LogP contribution is 2.63. The predicted molar refractivity (Wildman–Crippen MR) is 148 cm³/mol. The average molecular weight is 658 g/mol. The van der Waals surface area contributed by atoms with E-state index in [0.29, 0.717) is 33.7 Å². The topological polar surface area (TPSA) is 142 Å². The van der Waals surface area contributed by atoms with Crippen LogP contribution in [0.25, 0.3) is 21.3 Å². The largest absolute Gasteiger partial charge is 0.490 e. The lowest BCUT2D eigenvalue weighted by Crippen LogP contribution is -2.48. The molecule has 3 aromatic heterocycles. The fourth-order valence-corrected chi connectivity index (χ4v) is 6.61. The summed E-state index contributed by atoms with van der Waals surface area (Å²) < 4.78 is 73.5. The van der Waals surface area contributed by atoms with Crippen LogP contribution >= 0.6 is 11.3 Å². The molecule has 3 fully saturated rings. The van der Waals surface area contributed by atoms with Crippen LogP contribution in [0.3, 0.4) is 0 Å². The number of pyridine rings is 2. The molecule has 0 bridgehead atoms. The highest BCUT2D eigenvalue weighted by atomic mass is 32.1. The molecule has 17 heteroatoms. The number of carboxylic acids is 1. The lowest BCUT2D eigenvalue weighted by atomic mass is 9.99. The lowest BCUT2D eigenvalue weighted by Gasteiger charge is -2.27. The number of fused-ring (bicyclic) bond motifs is 2. The number of likely N-dealkylation sites (tertiary alicyclic amines) is 1. The van der Waals surface area contributed by atoms with Crippen LogP contribution in [-0.4, -0.2) is 62.9 Å². The normalized spacial score (nSPS) is 20.8. The van der Waals surface area contributed by atoms with E-state index >= 15 is 0 Å². The average Bonchev–Trinajstić information content (AvgIpc) is 3.13. The highest BCUT2D eigenvalue weighted by Gasteiger charge is 2.72. The zero-order chi connectivity index (χ0) is 33.2. The fourth-order valence-electron chi connectivity index (χ4n) is 5.48. The number of nitrogens with one attached hydrogen (secondary N) is 2. The Morgan fingerprint density at radius 2 is 1.69 bits per heavy atom. The molecule has 10 nitrogen and oxygen atoms in total. The van der Waals surface area contributed by atoms with Crippen LogP contribution in [0.15, 0.2) is 24.4 Å². The number of aliphatic carboxylic acids is 1. The van der Waals surface area contributed by atoms with Crippen LogP contribution in [0.2, 0.25) is 0 Å². The summed E-state index contributed by atoms with van der Waals surface area (Å²) in [7, 11) is 0. The molecular weight excluding hydrogens is 632 g/mol.